The number of benzene rings is 1. The lowest BCUT2D eigenvalue weighted by molar-refractivity contribution is -0.140. The van der Waals surface area contributed by atoms with E-state index in [0.717, 1.165) is 16.7 Å². The van der Waals surface area contributed by atoms with Crippen molar-refractivity contribution in [1.29, 1.82) is 0 Å². The van der Waals surface area contributed by atoms with Gasteiger partial charge in [0.25, 0.3) is 0 Å². The molecule has 0 aliphatic rings. The van der Waals surface area contributed by atoms with Crippen LogP contribution in [0, 0.1) is 13.8 Å². The molecule has 1 atom stereocenters. The molecule has 3 nitrogen and oxygen atoms in total. The monoisotopic (exact) mass is 280 g/mol. The van der Waals surface area contributed by atoms with Crippen molar-refractivity contribution in [2.75, 3.05) is 12.9 Å². The first kappa shape index (κ1) is 15.8. The van der Waals surface area contributed by atoms with Crippen molar-refractivity contribution < 1.29 is 14.3 Å². The quantitative estimate of drug-likeness (QED) is 0.593. The first-order valence-electron chi connectivity index (χ1n) is 6.25. The molecule has 0 heterocycles. The van der Waals surface area contributed by atoms with E-state index in [9.17, 15) is 9.59 Å². The summed E-state index contributed by atoms with van der Waals surface area (Å²) in [5.74, 6) is 0.486. The molecule has 0 N–H and O–H groups in total. The van der Waals surface area contributed by atoms with E-state index in [1.54, 1.807) is 0 Å². The van der Waals surface area contributed by atoms with Crippen molar-refractivity contribution in [3.8, 4) is 0 Å². The van der Waals surface area contributed by atoms with E-state index in [4.69, 9.17) is 0 Å². The summed E-state index contributed by atoms with van der Waals surface area (Å²) in [5.41, 5.74) is 2.86. The number of aryl methyl sites for hydroxylation is 2. The van der Waals surface area contributed by atoms with Gasteiger partial charge in [-0.15, -0.1) is 11.8 Å². The molecule has 1 unspecified atom stereocenters. The molecule has 0 saturated heterocycles. The van der Waals surface area contributed by atoms with Gasteiger partial charge in [0.2, 0.25) is 0 Å². The van der Waals surface area contributed by atoms with E-state index in [-0.39, 0.29) is 17.0 Å². The second kappa shape index (κ2) is 7.34. The van der Waals surface area contributed by atoms with Gasteiger partial charge >= 0.3 is 5.97 Å². The summed E-state index contributed by atoms with van der Waals surface area (Å²) in [5, 5.41) is -0.148. The van der Waals surface area contributed by atoms with E-state index in [1.165, 1.54) is 18.9 Å². The van der Waals surface area contributed by atoms with Gasteiger partial charge in [0.15, 0.2) is 5.78 Å². The number of Topliss-reactive ketones (excluding diaryl/α,β-unsaturated/α-hetero) is 1. The maximum absolute atomic E-state index is 12.3. The van der Waals surface area contributed by atoms with Crippen LogP contribution in [0.1, 0.15) is 34.8 Å². The van der Waals surface area contributed by atoms with Crippen molar-refractivity contribution in [2.24, 2.45) is 0 Å². The average Bonchev–Trinajstić information content (AvgIpc) is 2.40. The van der Waals surface area contributed by atoms with Crippen LogP contribution in [0.3, 0.4) is 0 Å². The molecule has 1 aromatic carbocycles. The maximum Gasteiger partial charge on any atom is 0.306 e. The standard InChI is InChI=1S/C15H20O3S/c1-10-5-6-11(2)13(9-10)15(17)12(3)19-8-7-14(16)18-4/h5-6,9,12H,7-8H2,1-4H3. The normalized spacial score (nSPS) is 12.0. The molecule has 104 valence electrons. The number of esters is 1. The Hall–Kier alpha value is -1.29. The van der Waals surface area contributed by atoms with Crippen LogP contribution >= 0.6 is 11.8 Å². The third-order valence-electron chi connectivity index (χ3n) is 2.93. The highest BCUT2D eigenvalue weighted by atomic mass is 32.2. The third kappa shape index (κ3) is 4.71. The van der Waals surface area contributed by atoms with Crippen molar-refractivity contribution in [3.05, 3.63) is 34.9 Å². The molecule has 0 aliphatic carbocycles. The Morgan fingerprint density at radius 2 is 2.00 bits per heavy atom. The smallest absolute Gasteiger partial charge is 0.306 e. The number of hydrogen-bond donors (Lipinski definition) is 0. The zero-order chi connectivity index (χ0) is 14.4. The molecule has 0 bridgehead atoms. The third-order valence-corrected chi connectivity index (χ3v) is 4.08. The molecule has 0 saturated carbocycles. The molecular formula is C15H20O3S. The van der Waals surface area contributed by atoms with Crippen LogP contribution in [0.5, 0.6) is 0 Å². The number of ketones is 1. The predicted octanol–water partition coefficient (Wildman–Crippen LogP) is 3.17. The van der Waals surface area contributed by atoms with Crippen LogP contribution in [0.4, 0.5) is 0 Å². The highest BCUT2D eigenvalue weighted by Crippen LogP contribution is 2.20. The Labute approximate surface area is 118 Å². The molecule has 0 aromatic heterocycles. The Balaban J connectivity index is 2.61. The fourth-order valence-electron chi connectivity index (χ4n) is 1.72. The summed E-state index contributed by atoms with van der Waals surface area (Å²) in [6.07, 6.45) is 0.339. The molecular weight excluding hydrogens is 260 g/mol. The lowest BCUT2D eigenvalue weighted by Crippen LogP contribution is -2.16. The van der Waals surface area contributed by atoms with Gasteiger partial charge in [0, 0.05) is 11.3 Å². The molecule has 0 radical (unpaired) electrons. The van der Waals surface area contributed by atoms with Gasteiger partial charge in [0.05, 0.1) is 18.8 Å². The van der Waals surface area contributed by atoms with Gasteiger partial charge in [-0.3, -0.25) is 9.59 Å². The minimum atomic E-state index is -0.237. The molecule has 4 heteroatoms. The molecule has 0 aliphatic heterocycles. The number of hydrogen-bond acceptors (Lipinski definition) is 4. The predicted molar refractivity (Wildman–Crippen MR) is 78.8 cm³/mol. The summed E-state index contributed by atoms with van der Waals surface area (Å²) < 4.78 is 4.57. The maximum atomic E-state index is 12.3. The number of ether oxygens (including phenoxy) is 1. The van der Waals surface area contributed by atoms with Gasteiger partial charge in [0.1, 0.15) is 0 Å². The van der Waals surface area contributed by atoms with Gasteiger partial charge < -0.3 is 4.74 Å². The number of carbonyl (C=O) groups is 2. The lowest BCUT2D eigenvalue weighted by atomic mass is 10.0. The Bertz CT molecular complexity index is 468. The average molecular weight is 280 g/mol. The zero-order valence-electron chi connectivity index (χ0n) is 11.9. The minimum absolute atomic E-state index is 0.121. The van der Waals surface area contributed by atoms with E-state index >= 15 is 0 Å². The molecule has 0 fully saturated rings. The number of thioether (sulfide) groups is 1. The van der Waals surface area contributed by atoms with Crippen LogP contribution in [0.25, 0.3) is 0 Å². The molecule has 0 spiro atoms. The van der Waals surface area contributed by atoms with Crippen LogP contribution < -0.4 is 0 Å². The van der Waals surface area contributed by atoms with Gasteiger partial charge in [-0.25, -0.2) is 0 Å². The largest absolute Gasteiger partial charge is 0.469 e. The minimum Gasteiger partial charge on any atom is -0.469 e. The summed E-state index contributed by atoms with van der Waals surface area (Å²) in [6, 6.07) is 5.89. The van der Waals surface area contributed by atoms with E-state index in [1.807, 2.05) is 39.0 Å². The second-order valence-corrected chi connectivity index (χ2v) is 5.97. The van der Waals surface area contributed by atoms with E-state index in [0.29, 0.717) is 12.2 Å². The first-order valence-corrected chi connectivity index (χ1v) is 7.30. The lowest BCUT2D eigenvalue weighted by Gasteiger charge is -2.12. The van der Waals surface area contributed by atoms with Crippen LogP contribution in [0.15, 0.2) is 18.2 Å². The molecule has 1 rings (SSSR count). The van der Waals surface area contributed by atoms with Crippen LogP contribution in [-0.2, 0) is 9.53 Å². The topological polar surface area (TPSA) is 43.4 Å². The number of methoxy groups -OCH3 is 1. The van der Waals surface area contributed by atoms with Gasteiger partial charge in [-0.1, -0.05) is 17.7 Å². The van der Waals surface area contributed by atoms with Crippen molar-refractivity contribution >= 4 is 23.5 Å². The van der Waals surface area contributed by atoms with E-state index in [2.05, 4.69) is 4.74 Å². The molecule has 1 aromatic rings. The van der Waals surface area contributed by atoms with Gasteiger partial charge in [-0.05, 0) is 32.4 Å². The summed E-state index contributed by atoms with van der Waals surface area (Å²) in [7, 11) is 1.37. The number of rotatable bonds is 6. The highest BCUT2D eigenvalue weighted by molar-refractivity contribution is 8.00. The van der Waals surface area contributed by atoms with Crippen molar-refractivity contribution in [2.45, 2.75) is 32.4 Å². The van der Waals surface area contributed by atoms with Crippen LogP contribution in [-0.4, -0.2) is 29.9 Å². The Kier molecular flexibility index (Phi) is 6.09. The van der Waals surface area contributed by atoms with E-state index < -0.39 is 0 Å². The SMILES string of the molecule is COC(=O)CCSC(C)C(=O)c1cc(C)ccc1C. The molecule has 0 amide bonds. The van der Waals surface area contributed by atoms with Crippen LogP contribution in [0.2, 0.25) is 0 Å². The highest BCUT2D eigenvalue weighted by Gasteiger charge is 2.18. The first-order chi connectivity index (χ1) is 8.95. The fourth-order valence-corrected chi connectivity index (χ4v) is 2.63. The van der Waals surface area contributed by atoms with Crippen molar-refractivity contribution in [3.63, 3.8) is 0 Å². The Morgan fingerprint density at radius 3 is 2.63 bits per heavy atom. The summed E-state index contributed by atoms with van der Waals surface area (Å²) in [6.45, 7) is 5.80. The summed E-state index contributed by atoms with van der Waals surface area (Å²) in [4.78, 5) is 23.3. The van der Waals surface area contributed by atoms with Gasteiger partial charge in [-0.2, -0.15) is 0 Å². The Morgan fingerprint density at radius 1 is 1.32 bits per heavy atom. The van der Waals surface area contributed by atoms with Crippen molar-refractivity contribution in [1.82, 2.24) is 0 Å². The fraction of sp³-hybridized carbons (Fsp3) is 0.467. The summed E-state index contributed by atoms with van der Waals surface area (Å²) >= 11 is 1.49. The zero-order valence-corrected chi connectivity index (χ0v) is 12.7. The molecule has 19 heavy (non-hydrogen) atoms. The number of carbonyl (C=O) groups excluding carboxylic acids is 2. The second-order valence-electron chi connectivity index (χ2n) is 4.52.